The minimum Gasteiger partial charge on any atom is -0.434 e. The molecule has 0 N–H and O–H groups in total. The zero-order valence-electron chi connectivity index (χ0n) is 11.1. The second kappa shape index (κ2) is 9.51. The van der Waals surface area contributed by atoms with Crippen LogP contribution in [0.1, 0.15) is 38.2 Å². The Bertz CT molecular complexity index is 322. The highest BCUT2D eigenvalue weighted by Crippen LogP contribution is 2.02. The van der Waals surface area contributed by atoms with Crippen molar-refractivity contribution < 1.29 is 14.3 Å². The summed E-state index contributed by atoms with van der Waals surface area (Å²) in [5, 5.41) is 0. The Hall–Kier alpha value is -1.51. The first kappa shape index (κ1) is 14.6. The van der Waals surface area contributed by atoms with Gasteiger partial charge in [-0.25, -0.2) is 4.79 Å². The molecular formula is C15H22O3. The topological polar surface area (TPSA) is 35.5 Å². The molecule has 0 aromatic heterocycles. The van der Waals surface area contributed by atoms with Crippen LogP contribution in [-0.4, -0.2) is 19.4 Å². The number of unbranched alkanes of at least 4 members (excludes halogenated alkanes) is 3. The highest BCUT2D eigenvalue weighted by Gasteiger charge is 2.03. The first-order valence-corrected chi connectivity index (χ1v) is 6.66. The average molecular weight is 250 g/mol. The lowest BCUT2D eigenvalue weighted by atomic mass is 10.2. The molecule has 1 aromatic rings. The van der Waals surface area contributed by atoms with Crippen LogP contribution >= 0.6 is 0 Å². The van der Waals surface area contributed by atoms with E-state index in [1.165, 1.54) is 12.8 Å². The molecule has 0 amide bonds. The van der Waals surface area contributed by atoms with Gasteiger partial charge >= 0.3 is 6.16 Å². The van der Waals surface area contributed by atoms with E-state index in [1.807, 2.05) is 30.3 Å². The zero-order chi connectivity index (χ0) is 13.1. The van der Waals surface area contributed by atoms with Crippen LogP contribution in [0.5, 0.6) is 0 Å². The van der Waals surface area contributed by atoms with E-state index < -0.39 is 6.16 Å². The molecule has 3 heteroatoms. The van der Waals surface area contributed by atoms with Crippen molar-refractivity contribution in [3.63, 3.8) is 0 Å². The molecule has 100 valence electrons. The quantitative estimate of drug-likeness (QED) is 0.517. The van der Waals surface area contributed by atoms with Crippen molar-refractivity contribution in [2.75, 3.05) is 13.2 Å². The van der Waals surface area contributed by atoms with Gasteiger partial charge in [-0.15, -0.1) is 0 Å². The van der Waals surface area contributed by atoms with Crippen molar-refractivity contribution in [3.05, 3.63) is 35.9 Å². The maximum atomic E-state index is 11.2. The lowest BCUT2D eigenvalue weighted by Crippen LogP contribution is -2.10. The summed E-state index contributed by atoms with van der Waals surface area (Å²) in [6.45, 7) is 2.99. The van der Waals surface area contributed by atoms with Crippen molar-refractivity contribution >= 4 is 6.16 Å². The van der Waals surface area contributed by atoms with Gasteiger partial charge in [-0.05, 0) is 12.0 Å². The third kappa shape index (κ3) is 6.94. The molecule has 0 aliphatic heterocycles. The van der Waals surface area contributed by atoms with Crippen LogP contribution < -0.4 is 0 Å². The predicted molar refractivity (Wildman–Crippen MR) is 71.6 cm³/mol. The Morgan fingerprint density at radius 3 is 2.44 bits per heavy atom. The second-order valence-corrected chi connectivity index (χ2v) is 4.24. The van der Waals surface area contributed by atoms with Crippen LogP contribution in [0.3, 0.4) is 0 Å². The molecule has 0 aliphatic rings. The van der Waals surface area contributed by atoms with Crippen LogP contribution in [0.25, 0.3) is 0 Å². The van der Waals surface area contributed by atoms with Crippen LogP contribution in [0, 0.1) is 0 Å². The van der Waals surface area contributed by atoms with Gasteiger partial charge in [0.2, 0.25) is 0 Å². The molecule has 0 bridgehead atoms. The molecule has 1 aromatic carbocycles. The van der Waals surface area contributed by atoms with E-state index in [2.05, 4.69) is 6.92 Å². The Morgan fingerprint density at radius 2 is 1.72 bits per heavy atom. The van der Waals surface area contributed by atoms with E-state index in [9.17, 15) is 4.79 Å². The predicted octanol–water partition coefficient (Wildman–Crippen LogP) is 3.96. The summed E-state index contributed by atoms with van der Waals surface area (Å²) in [7, 11) is 0. The SMILES string of the molecule is CCCCCCOC(=O)OCCc1ccccc1. The van der Waals surface area contributed by atoms with E-state index >= 15 is 0 Å². The van der Waals surface area contributed by atoms with E-state index in [0.717, 1.165) is 24.8 Å². The highest BCUT2D eigenvalue weighted by atomic mass is 16.7. The number of carbonyl (C=O) groups is 1. The number of benzene rings is 1. The number of rotatable bonds is 8. The van der Waals surface area contributed by atoms with E-state index in [4.69, 9.17) is 9.47 Å². The molecule has 0 spiro atoms. The fourth-order valence-corrected chi connectivity index (χ4v) is 1.62. The summed E-state index contributed by atoms with van der Waals surface area (Å²) in [4.78, 5) is 11.2. The molecule has 0 fully saturated rings. The third-order valence-electron chi connectivity index (χ3n) is 2.67. The molecule has 0 aliphatic carbocycles. The highest BCUT2D eigenvalue weighted by molar-refractivity contribution is 5.59. The summed E-state index contributed by atoms with van der Waals surface area (Å²) in [5.41, 5.74) is 1.16. The van der Waals surface area contributed by atoms with Crippen molar-refractivity contribution in [3.8, 4) is 0 Å². The number of hydrogen-bond acceptors (Lipinski definition) is 3. The Labute approximate surface area is 109 Å². The van der Waals surface area contributed by atoms with Crippen LogP contribution in [0.4, 0.5) is 4.79 Å². The van der Waals surface area contributed by atoms with Crippen LogP contribution in [-0.2, 0) is 15.9 Å². The van der Waals surface area contributed by atoms with Crippen LogP contribution in [0.15, 0.2) is 30.3 Å². The normalized spacial score (nSPS) is 10.1. The van der Waals surface area contributed by atoms with E-state index in [1.54, 1.807) is 0 Å². The number of ether oxygens (including phenoxy) is 2. The molecular weight excluding hydrogens is 228 g/mol. The average Bonchev–Trinajstić information content (AvgIpc) is 2.40. The molecule has 0 radical (unpaired) electrons. The van der Waals surface area contributed by atoms with Crippen molar-refractivity contribution in [2.24, 2.45) is 0 Å². The monoisotopic (exact) mass is 250 g/mol. The van der Waals surface area contributed by atoms with Crippen molar-refractivity contribution in [2.45, 2.75) is 39.0 Å². The lowest BCUT2D eigenvalue weighted by molar-refractivity contribution is 0.0549. The largest absolute Gasteiger partial charge is 0.508 e. The van der Waals surface area contributed by atoms with Gasteiger partial charge in [-0.1, -0.05) is 56.5 Å². The van der Waals surface area contributed by atoms with Gasteiger partial charge in [-0.3, -0.25) is 0 Å². The van der Waals surface area contributed by atoms with Gasteiger partial charge in [0.05, 0.1) is 13.2 Å². The minimum atomic E-state index is -0.553. The minimum absolute atomic E-state index is 0.373. The molecule has 18 heavy (non-hydrogen) atoms. The van der Waals surface area contributed by atoms with Gasteiger partial charge in [-0.2, -0.15) is 0 Å². The summed E-state index contributed by atoms with van der Waals surface area (Å²) in [6.07, 6.45) is 4.57. The fourth-order valence-electron chi connectivity index (χ4n) is 1.62. The summed E-state index contributed by atoms with van der Waals surface area (Å²) in [6, 6.07) is 9.94. The van der Waals surface area contributed by atoms with Gasteiger partial charge < -0.3 is 9.47 Å². The van der Waals surface area contributed by atoms with Crippen molar-refractivity contribution in [1.82, 2.24) is 0 Å². The molecule has 0 saturated carbocycles. The smallest absolute Gasteiger partial charge is 0.434 e. The maximum absolute atomic E-state index is 11.2. The van der Waals surface area contributed by atoms with E-state index in [-0.39, 0.29) is 0 Å². The summed E-state index contributed by atoms with van der Waals surface area (Å²) >= 11 is 0. The molecule has 1 rings (SSSR count). The zero-order valence-corrected chi connectivity index (χ0v) is 11.1. The van der Waals surface area contributed by atoms with Gasteiger partial charge in [0.25, 0.3) is 0 Å². The molecule has 0 saturated heterocycles. The number of hydrogen-bond donors (Lipinski definition) is 0. The fraction of sp³-hybridized carbons (Fsp3) is 0.533. The van der Waals surface area contributed by atoms with Crippen molar-refractivity contribution in [1.29, 1.82) is 0 Å². The first-order valence-electron chi connectivity index (χ1n) is 6.66. The van der Waals surface area contributed by atoms with Gasteiger partial charge in [0, 0.05) is 6.42 Å². The third-order valence-corrected chi connectivity index (χ3v) is 2.67. The Balaban J connectivity index is 2.00. The Kier molecular flexibility index (Phi) is 7.69. The lowest BCUT2D eigenvalue weighted by Gasteiger charge is -2.06. The second-order valence-electron chi connectivity index (χ2n) is 4.24. The van der Waals surface area contributed by atoms with Gasteiger partial charge in [0.15, 0.2) is 0 Å². The Morgan fingerprint density at radius 1 is 1.00 bits per heavy atom. The summed E-state index contributed by atoms with van der Waals surface area (Å²) < 4.78 is 9.96. The van der Waals surface area contributed by atoms with E-state index in [0.29, 0.717) is 13.2 Å². The van der Waals surface area contributed by atoms with Gasteiger partial charge in [0.1, 0.15) is 0 Å². The molecule has 0 atom stereocenters. The standard InChI is InChI=1S/C15H22O3/c1-2-3-4-8-12-17-15(16)18-13-11-14-9-6-5-7-10-14/h5-7,9-10H,2-4,8,11-13H2,1H3. The summed E-state index contributed by atoms with van der Waals surface area (Å²) in [5.74, 6) is 0. The number of carbonyl (C=O) groups excluding carboxylic acids is 1. The van der Waals surface area contributed by atoms with Crippen LogP contribution in [0.2, 0.25) is 0 Å². The molecule has 3 nitrogen and oxygen atoms in total. The molecule has 0 heterocycles. The molecule has 0 unspecified atom stereocenters. The maximum Gasteiger partial charge on any atom is 0.508 e. The first-order chi connectivity index (χ1) is 8.83.